The third-order valence-electron chi connectivity index (χ3n) is 3.05. The molecule has 0 unspecified atom stereocenters. The molecule has 0 rings (SSSR count). The Balaban J connectivity index is 4.89. The van der Waals surface area contributed by atoms with E-state index in [0.717, 1.165) is 0 Å². The molecule has 0 aliphatic heterocycles. The van der Waals surface area contributed by atoms with Crippen LogP contribution in [0.3, 0.4) is 0 Å². The molecule has 17 heavy (non-hydrogen) atoms. The molecular formula is C10H19F3O3Si. The van der Waals surface area contributed by atoms with E-state index in [4.69, 9.17) is 9.53 Å². The summed E-state index contributed by atoms with van der Waals surface area (Å²) in [7, 11) is -2.44. The van der Waals surface area contributed by atoms with Crippen molar-refractivity contribution in [2.75, 3.05) is 0 Å². The van der Waals surface area contributed by atoms with Gasteiger partial charge in [-0.15, -0.1) is 0 Å². The first kappa shape index (κ1) is 16.4. The van der Waals surface area contributed by atoms with Crippen molar-refractivity contribution in [2.45, 2.75) is 57.6 Å². The van der Waals surface area contributed by atoms with Gasteiger partial charge >= 0.3 is 12.1 Å². The second-order valence-electron chi connectivity index (χ2n) is 3.99. The molecule has 0 amide bonds. The van der Waals surface area contributed by atoms with Crippen molar-refractivity contribution in [3.05, 3.63) is 0 Å². The van der Waals surface area contributed by atoms with E-state index >= 15 is 0 Å². The molecule has 0 saturated heterocycles. The third-order valence-corrected chi connectivity index (χ3v) is 7.70. The summed E-state index contributed by atoms with van der Waals surface area (Å²) >= 11 is 0. The lowest BCUT2D eigenvalue weighted by Crippen LogP contribution is -2.46. The van der Waals surface area contributed by atoms with E-state index in [2.05, 4.69) is 0 Å². The maximum Gasteiger partial charge on any atom is 0.413 e. The van der Waals surface area contributed by atoms with Crippen molar-refractivity contribution in [1.29, 1.82) is 0 Å². The summed E-state index contributed by atoms with van der Waals surface area (Å²) < 4.78 is 43.2. The number of halogens is 3. The number of hydrogen-bond acceptors (Lipinski definition) is 2. The second kappa shape index (κ2) is 6.39. The maximum absolute atomic E-state index is 12.7. The van der Waals surface area contributed by atoms with Gasteiger partial charge in [0.05, 0.1) is 6.42 Å². The molecule has 0 bridgehead atoms. The van der Waals surface area contributed by atoms with Crippen LogP contribution >= 0.6 is 0 Å². The third kappa shape index (κ3) is 5.07. The minimum atomic E-state index is -4.61. The summed E-state index contributed by atoms with van der Waals surface area (Å²) in [5, 5.41) is 8.50. The summed E-state index contributed by atoms with van der Waals surface area (Å²) in [6.45, 7) is 5.40. The highest BCUT2D eigenvalue weighted by Crippen LogP contribution is 2.32. The molecule has 0 spiro atoms. The van der Waals surface area contributed by atoms with Gasteiger partial charge in [-0.05, 0) is 18.1 Å². The minimum Gasteiger partial charge on any atom is -0.481 e. The summed E-state index contributed by atoms with van der Waals surface area (Å²) in [5.41, 5.74) is 0. The molecule has 0 fully saturated rings. The maximum atomic E-state index is 12.7. The van der Waals surface area contributed by atoms with E-state index in [9.17, 15) is 18.0 Å². The Kier molecular flexibility index (Phi) is 6.18. The van der Waals surface area contributed by atoms with Gasteiger partial charge < -0.3 is 9.53 Å². The Labute approximate surface area is 100 Å². The first-order valence-electron chi connectivity index (χ1n) is 5.67. The standard InChI is InChI=1S/C10H19F3O3Si/c1-4-17(5-2,6-3)16-8(7-9(14)15)10(11,12)13/h8H,4-7H2,1-3H3,(H,14,15)/t8-/m1/s1. The van der Waals surface area contributed by atoms with Crippen LogP contribution in [0.5, 0.6) is 0 Å². The molecule has 0 saturated carbocycles. The number of carbonyl (C=O) groups is 1. The SMILES string of the molecule is CC[Si](CC)(CC)O[C@H](CC(=O)O)C(F)(F)F. The Morgan fingerprint density at radius 2 is 1.65 bits per heavy atom. The molecule has 102 valence electrons. The lowest BCUT2D eigenvalue weighted by molar-refractivity contribution is -0.203. The fraction of sp³-hybridized carbons (Fsp3) is 0.900. The molecule has 0 heterocycles. The molecule has 3 nitrogen and oxygen atoms in total. The number of carboxylic acid groups (broad SMARTS) is 1. The summed E-state index contributed by atoms with van der Waals surface area (Å²) in [5.74, 6) is -1.49. The molecule has 0 aromatic rings. The fourth-order valence-electron chi connectivity index (χ4n) is 1.68. The van der Waals surface area contributed by atoms with Crippen LogP contribution in [0.15, 0.2) is 0 Å². The molecule has 0 aromatic heterocycles. The average molecular weight is 272 g/mol. The number of hydrogen-bond donors (Lipinski definition) is 1. The number of rotatable bonds is 7. The van der Waals surface area contributed by atoms with E-state index in [0.29, 0.717) is 18.1 Å². The van der Waals surface area contributed by atoms with Crippen LogP contribution in [0.1, 0.15) is 27.2 Å². The van der Waals surface area contributed by atoms with Gasteiger partial charge in [-0.3, -0.25) is 4.79 Å². The van der Waals surface area contributed by atoms with Gasteiger partial charge in [0.25, 0.3) is 0 Å². The van der Waals surface area contributed by atoms with Crippen LogP contribution in [0.4, 0.5) is 13.2 Å². The van der Waals surface area contributed by atoms with Crippen molar-refractivity contribution in [1.82, 2.24) is 0 Å². The number of aliphatic carboxylic acids is 1. The molecule has 0 aliphatic carbocycles. The molecule has 0 aliphatic rings. The van der Waals surface area contributed by atoms with E-state index in [1.807, 2.05) is 0 Å². The molecule has 1 atom stereocenters. The molecule has 0 radical (unpaired) electrons. The van der Waals surface area contributed by atoms with Crippen molar-refractivity contribution >= 4 is 14.3 Å². The van der Waals surface area contributed by atoms with Gasteiger partial charge in [0.15, 0.2) is 14.4 Å². The zero-order chi connectivity index (χ0) is 13.7. The van der Waals surface area contributed by atoms with Crippen LogP contribution in [0, 0.1) is 0 Å². The summed E-state index contributed by atoms with van der Waals surface area (Å²) in [6, 6.07) is 1.69. The Morgan fingerprint density at radius 1 is 1.24 bits per heavy atom. The Hall–Kier alpha value is -0.563. The van der Waals surface area contributed by atoms with Crippen LogP contribution in [0.25, 0.3) is 0 Å². The lowest BCUT2D eigenvalue weighted by Gasteiger charge is -2.33. The highest BCUT2D eigenvalue weighted by molar-refractivity contribution is 6.73. The first-order valence-corrected chi connectivity index (χ1v) is 8.20. The van der Waals surface area contributed by atoms with E-state index < -0.39 is 33.0 Å². The average Bonchev–Trinajstić information content (AvgIpc) is 2.23. The van der Waals surface area contributed by atoms with Crippen LogP contribution in [-0.2, 0) is 9.22 Å². The largest absolute Gasteiger partial charge is 0.481 e. The van der Waals surface area contributed by atoms with Gasteiger partial charge in [0.2, 0.25) is 0 Å². The van der Waals surface area contributed by atoms with E-state index in [1.165, 1.54) is 0 Å². The van der Waals surface area contributed by atoms with Crippen LogP contribution in [0.2, 0.25) is 18.1 Å². The van der Waals surface area contributed by atoms with Crippen LogP contribution < -0.4 is 0 Å². The van der Waals surface area contributed by atoms with Gasteiger partial charge in [0.1, 0.15) is 0 Å². The van der Waals surface area contributed by atoms with Gasteiger partial charge in [-0.25, -0.2) is 0 Å². The highest BCUT2D eigenvalue weighted by atomic mass is 28.4. The normalized spacial score (nSPS) is 14.7. The minimum absolute atomic E-state index is 0.562. The smallest absolute Gasteiger partial charge is 0.413 e. The predicted octanol–water partition coefficient (Wildman–Crippen LogP) is 3.41. The molecule has 0 aromatic carbocycles. The molecule has 7 heteroatoms. The highest BCUT2D eigenvalue weighted by Gasteiger charge is 2.46. The monoisotopic (exact) mass is 272 g/mol. The van der Waals surface area contributed by atoms with Crippen molar-refractivity contribution < 1.29 is 27.5 Å². The predicted molar refractivity (Wildman–Crippen MR) is 60.4 cm³/mol. The summed E-state index contributed by atoms with van der Waals surface area (Å²) in [4.78, 5) is 10.4. The lowest BCUT2D eigenvalue weighted by atomic mass is 10.2. The van der Waals surface area contributed by atoms with Gasteiger partial charge in [-0.2, -0.15) is 13.2 Å². The van der Waals surface area contributed by atoms with Crippen molar-refractivity contribution in [2.24, 2.45) is 0 Å². The van der Waals surface area contributed by atoms with E-state index in [1.54, 1.807) is 20.8 Å². The quantitative estimate of drug-likeness (QED) is 0.722. The fourth-order valence-corrected chi connectivity index (χ4v) is 4.51. The van der Waals surface area contributed by atoms with E-state index in [-0.39, 0.29) is 0 Å². The number of alkyl halides is 3. The topological polar surface area (TPSA) is 46.5 Å². The van der Waals surface area contributed by atoms with Crippen molar-refractivity contribution in [3.63, 3.8) is 0 Å². The Bertz CT molecular complexity index is 243. The molecular weight excluding hydrogens is 253 g/mol. The van der Waals surface area contributed by atoms with Gasteiger partial charge in [-0.1, -0.05) is 20.8 Å². The first-order chi connectivity index (χ1) is 7.70. The molecule has 1 N–H and O–H groups in total. The zero-order valence-electron chi connectivity index (χ0n) is 10.3. The van der Waals surface area contributed by atoms with Crippen LogP contribution in [-0.4, -0.2) is 31.7 Å². The zero-order valence-corrected chi connectivity index (χ0v) is 11.3. The van der Waals surface area contributed by atoms with Gasteiger partial charge in [0, 0.05) is 0 Å². The Morgan fingerprint density at radius 3 is 1.88 bits per heavy atom. The second-order valence-corrected chi connectivity index (χ2v) is 8.71. The number of carboxylic acids is 1. The van der Waals surface area contributed by atoms with Crippen molar-refractivity contribution in [3.8, 4) is 0 Å². The summed E-state index contributed by atoms with van der Waals surface area (Å²) in [6.07, 6.45) is -7.81.